The molecule has 0 aromatic heterocycles. The molecule has 0 spiro atoms. The number of amides is 2. The van der Waals surface area contributed by atoms with Gasteiger partial charge in [-0.1, -0.05) is 72.2 Å². The summed E-state index contributed by atoms with van der Waals surface area (Å²) in [7, 11) is -4.07. The van der Waals surface area contributed by atoms with E-state index in [1.807, 2.05) is 36.4 Å². The van der Waals surface area contributed by atoms with Crippen LogP contribution in [-0.4, -0.2) is 44.3 Å². The number of sulfonamides is 1. The van der Waals surface area contributed by atoms with Crippen LogP contribution in [0.2, 0.25) is 0 Å². The van der Waals surface area contributed by atoms with Crippen molar-refractivity contribution in [1.29, 1.82) is 0 Å². The second-order valence-electron chi connectivity index (χ2n) is 9.29. The molecule has 0 aliphatic heterocycles. The number of nitrogens with zero attached hydrogens (tertiary/aromatic N) is 2. The maximum atomic E-state index is 13.8. The summed E-state index contributed by atoms with van der Waals surface area (Å²) < 4.78 is 29.6. The lowest BCUT2D eigenvalue weighted by atomic mass is 10.0. The summed E-state index contributed by atoms with van der Waals surface area (Å²) >= 11 is 3.41. The standard InChI is InChI=1S/C29H34BrN3O4S/c1-5-31-29(35)22(4)32(19-23-11-15-25(30)16-12-23)28(34)20-33(26-17-13-24(14-18-26)21(2)3)38(36,37)27-9-7-6-8-10-27/h6-18,21-22H,5,19-20H2,1-4H3,(H,31,35). The summed E-state index contributed by atoms with van der Waals surface area (Å²) in [6, 6.07) is 21.8. The number of carbonyl (C=O) groups excluding carboxylic acids is 2. The average molecular weight is 601 g/mol. The van der Waals surface area contributed by atoms with Gasteiger partial charge in [0.2, 0.25) is 11.8 Å². The zero-order valence-corrected chi connectivity index (χ0v) is 24.5. The molecule has 7 nitrogen and oxygen atoms in total. The van der Waals surface area contributed by atoms with Gasteiger partial charge < -0.3 is 10.2 Å². The van der Waals surface area contributed by atoms with Crippen LogP contribution in [0.5, 0.6) is 0 Å². The van der Waals surface area contributed by atoms with Crippen LogP contribution in [0, 0.1) is 0 Å². The molecule has 0 aliphatic rings. The molecule has 0 heterocycles. The van der Waals surface area contributed by atoms with E-state index in [0.29, 0.717) is 12.2 Å². The molecule has 1 unspecified atom stereocenters. The molecule has 2 amide bonds. The Labute approximate surface area is 234 Å². The molecule has 0 fully saturated rings. The van der Waals surface area contributed by atoms with Gasteiger partial charge in [-0.15, -0.1) is 0 Å². The topological polar surface area (TPSA) is 86.8 Å². The minimum absolute atomic E-state index is 0.0805. The van der Waals surface area contributed by atoms with Crippen molar-refractivity contribution in [2.45, 2.75) is 51.1 Å². The van der Waals surface area contributed by atoms with E-state index in [9.17, 15) is 18.0 Å². The SMILES string of the molecule is CCNC(=O)C(C)N(Cc1ccc(Br)cc1)C(=O)CN(c1ccc(C(C)C)cc1)S(=O)(=O)c1ccccc1. The highest BCUT2D eigenvalue weighted by atomic mass is 79.9. The van der Waals surface area contributed by atoms with Crippen molar-refractivity contribution in [2.24, 2.45) is 0 Å². The van der Waals surface area contributed by atoms with Crippen LogP contribution in [-0.2, 0) is 26.2 Å². The zero-order valence-electron chi connectivity index (χ0n) is 22.1. The monoisotopic (exact) mass is 599 g/mol. The molecule has 0 aliphatic carbocycles. The van der Waals surface area contributed by atoms with Crippen molar-refractivity contribution in [3.8, 4) is 0 Å². The highest BCUT2D eigenvalue weighted by molar-refractivity contribution is 9.10. The van der Waals surface area contributed by atoms with Crippen LogP contribution in [0.1, 0.15) is 44.7 Å². The fourth-order valence-electron chi connectivity index (χ4n) is 3.96. The van der Waals surface area contributed by atoms with Crippen molar-refractivity contribution >= 4 is 43.5 Å². The fraction of sp³-hybridized carbons (Fsp3) is 0.310. The lowest BCUT2D eigenvalue weighted by Gasteiger charge is -2.32. The molecule has 9 heteroatoms. The second-order valence-corrected chi connectivity index (χ2v) is 12.1. The minimum atomic E-state index is -4.07. The molecule has 3 aromatic rings. The quantitative estimate of drug-likeness (QED) is 0.323. The smallest absolute Gasteiger partial charge is 0.264 e. The number of halogens is 1. The highest BCUT2D eigenvalue weighted by Gasteiger charge is 2.32. The van der Waals surface area contributed by atoms with E-state index in [-0.39, 0.29) is 23.3 Å². The molecule has 1 atom stereocenters. The van der Waals surface area contributed by atoms with Gasteiger partial charge in [-0.3, -0.25) is 13.9 Å². The number of anilines is 1. The van der Waals surface area contributed by atoms with Gasteiger partial charge in [-0.05, 0) is 67.3 Å². The van der Waals surface area contributed by atoms with Crippen molar-refractivity contribution < 1.29 is 18.0 Å². The van der Waals surface area contributed by atoms with Gasteiger partial charge in [-0.25, -0.2) is 8.42 Å². The van der Waals surface area contributed by atoms with Crippen LogP contribution in [0.4, 0.5) is 5.69 Å². The molecule has 202 valence electrons. The first-order chi connectivity index (χ1) is 18.0. The number of likely N-dealkylation sites (N-methyl/N-ethyl adjacent to an activating group) is 1. The third-order valence-electron chi connectivity index (χ3n) is 6.24. The molecule has 3 aromatic carbocycles. The number of rotatable bonds is 11. The molecular formula is C29H34BrN3O4S. The molecule has 38 heavy (non-hydrogen) atoms. The number of carbonyl (C=O) groups is 2. The Bertz CT molecular complexity index is 1330. The van der Waals surface area contributed by atoms with Crippen molar-refractivity contribution in [2.75, 3.05) is 17.4 Å². The van der Waals surface area contributed by atoms with E-state index in [1.165, 1.54) is 17.0 Å². The third kappa shape index (κ3) is 7.23. The van der Waals surface area contributed by atoms with Crippen LogP contribution in [0.15, 0.2) is 88.2 Å². The Hall–Kier alpha value is -3.17. The first kappa shape index (κ1) is 29.4. The number of nitrogens with one attached hydrogen (secondary N) is 1. The van der Waals surface area contributed by atoms with Gasteiger partial charge in [0.05, 0.1) is 10.6 Å². The maximum absolute atomic E-state index is 13.8. The van der Waals surface area contributed by atoms with Gasteiger partial charge in [0, 0.05) is 17.6 Å². The Morgan fingerprint density at radius 2 is 1.50 bits per heavy atom. The van der Waals surface area contributed by atoms with Crippen LogP contribution >= 0.6 is 15.9 Å². The summed E-state index contributed by atoms with van der Waals surface area (Å²) in [4.78, 5) is 28.1. The molecule has 0 bridgehead atoms. The third-order valence-corrected chi connectivity index (χ3v) is 8.56. The molecule has 0 saturated heterocycles. The Morgan fingerprint density at radius 1 is 0.895 bits per heavy atom. The van der Waals surface area contributed by atoms with E-state index in [1.54, 1.807) is 44.2 Å². The lowest BCUT2D eigenvalue weighted by molar-refractivity contribution is -0.139. The largest absolute Gasteiger partial charge is 0.355 e. The highest BCUT2D eigenvalue weighted by Crippen LogP contribution is 2.26. The van der Waals surface area contributed by atoms with E-state index in [4.69, 9.17) is 0 Å². The summed E-state index contributed by atoms with van der Waals surface area (Å²) in [5.41, 5.74) is 2.25. The van der Waals surface area contributed by atoms with Gasteiger partial charge in [0.1, 0.15) is 12.6 Å². The van der Waals surface area contributed by atoms with E-state index >= 15 is 0 Å². The number of hydrogen-bond donors (Lipinski definition) is 1. The molecule has 3 rings (SSSR count). The Kier molecular flexibility index (Phi) is 10.1. The lowest BCUT2D eigenvalue weighted by Crippen LogP contribution is -2.51. The van der Waals surface area contributed by atoms with Crippen LogP contribution in [0.25, 0.3) is 0 Å². The Balaban J connectivity index is 2.02. The summed E-state index contributed by atoms with van der Waals surface area (Å²) in [5.74, 6) is -0.528. The summed E-state index contributed by atoms with van der Waals surface area (Å²) in [6.45, 7) is 7.67. The summed E-state index contributed by atoms with van der Waals surface area (Å²) in [6.07, 6.45) is 0. The first-order valence-electron chi connectivity index (χ1n) is 12.5. The maximum Gasteiger partial charge on any atom is 0.264 e. The van der Waals surface area contributed by atoms with Gasteiger partial charge in [-0.2, -0.15) is 0 Å². The van der Waals surface area contributed by atoms with Crippen molar-refractivity contribution in [3.63, 3.8) is 0 Å². The molecule has 0 radical (unpaired) electrons. The van der Waals surface area contributed by atoms with Gasteiger partial charge in [0.15, 0.2) is 0 Å². The normalized spacial score (nSPS) is 12.2. The molecule has 0 saturated carbocycles. The van der Waals surface area contributed by atoms with Crippen molar-refractivity contribution in [1.82, 2.24) is 10.2 Å². The van der Waals surface area contributed by atoms with Crippen molar-refractivity contribution in [3.05, 3.63) is 94.5 Å². The fourth-order valence-corrected chi connectivity index (χ4v) is 5.66. The minimum Gasteiger partial charge on any atom is -0.355 e. The second kappa shape index (κ2) is 13.1. The first-order valence-corrected chi connectivity index (χ1v) is 14.8. The predicted molar refractivity (Wildman–Crippen MR) is 154 cm³/mol. The van der Waals surface area contributed by atoms with Crippen LogP contribution < -0.4 is 9.62 Å². The van der Waals surface area contributed by atoms with Gasteiger partial charge >= 0.3 is 0 Å². The number of hydrogen-bond acceptors (Lipinski definition) is 4. The molecular weight excluding hydrogens is 566 g/mol. The molecule has 1 N–H and O–H groups in total. The predicted octanol–water partition coefficient (Wildman–Crippen LogP) is 5.32. The van der Waals surface area contributed by atoms with Crippen LogP contribution in [0.3, 0.4) is 0 Å². The summed E-state index contributed by atoms with van der Waals surface area (Å²) in [5, 5.41) is 2.76. The van der Waals surface area contributed by atoms with E-state index in [2.05, 4.69) is 35.1 Å². The zero-order chi connectivity index (χ0) is 27.9. The average Bonchev–Trinajstić information content (AvgIpc) is 2.91. The number of benzene rings is 3. The van der Waals surface area contributed by atoms with E-state index < -0.39 is 28.5 Å². The van der Waals surface area contributed by atoms with E-state index in [0.717, 1.165) is 19.9 Å². The Morgan fingerprint density at radius 3 is 2.05 bits per heavy atom. The van der Waals surface area contributed by atoms with Gasteiger partial charge in [0.25, 0.3) is 10.0 Å².